The topological polar surface area (TPSA) is 96.5 Å². The quantitative estimate of drug-likeness (QED) is 0.593. The molecule has 1 saturated carbocycles. The molecule has 0 unspecified atom stereocenters. The number of rotatable bonds is 6. The van der Waals surface area contributed by atoms with Crippen molar-refractivity contribution in [2.75, 3.05) is 36.2 Å². The second kappa shape index (κ2) is 9.15. The summed E-state index contributed by atoms with van der Waals surface area (Å²) in [7, 11) is -3.41. The van der Waals surface area contributed by atoms with Gasteiger partial charge in [-0.2, -0.15) is 0 Å². The molecule has 2 aliphatic rings. The molecule has 2 N–H and O–H groups in total. The van der Waals surface area contributed by atoms with Crippen molar-refractivity contribution in [3.8, 4) is 11.4 Å². The van der Waals surface area contributed by atoms with Gasteiger partial charge < -0.3 is 20.3 Å². The molecule has 10 heteroatoms. The Morgan fingerprint density at radius 2 is 1.91 bits per heavy atom. The fourth-order valence-electron chi connectivity index (χ4n) is 3.56. The number of hydrogen-bond donors (Lipinski definition) is 2. The maximum atomic E-state index is 12.6. The summed E-state index contributed by atoms with van der Waals surface area (Å²) in [5.74, 6) is 1.20. The normalized spacial score (nSPS) is 19.3. The lowest BCUT2D eigenvalue weighted by atomic mass is 10.1. The van der Waals surface area contributed by atoms with Crippen molar-refractivity contribution in [2.24, 2.45) is 0 Å². The molecule has 1 aliphatic carbocycles. The molecule has 1 atom stereocenters. The summed E-state index contributed by atoms with van der Waals surface area (Å²) in [6.45, 7) is 7.32. The van der Waals surface area contributed by atoms with Gasteiger partial charge in [-0.25, -0.2) is 18.4 Å². The number of aromatic nitrogens is 2. The molecule has 2 aromatic rings. The van der Waals surface area contributed by atoms with E-state index in [0.717, 1.165) is 24.1 Å². The second-order valence-corrected chi connectivity index (χ2v) is 12.3. The number of anilines is 2. The summed E-state index contributed by atoms with van der Waals surface area (Å²) >= 11 is 5.35. The standard InChI is InChI=1S/C23H31N5O3S2/c1-15-14-31-12-11-28(15)20-13-19(23(2,3)33(4,29)30)26-21(27-20)16-5-7-17(8-6-16)24-22(32)25-18-9-10-18/h5-8,13,15,18H,9-12,14H2,1-4H3,(H2,24,25,32)/t15-/m0/s1. The Hall–Kier alpha value is -2.30. The minimum absolute atomic E-state index is 0.127. The van der Waals surface area contributed by atoms with E-state index in [0.29, 0.717) is 48.2 Å². The highest BCUT2D eigenvalue weighted by molar-refractivity contribution is 7.91. The lowest BCUT2D eigenvalue weighted by Gasteiger charge is -2.35. The number of nitrogens with zero attached hydrogens (tertiary/aromatic N) is 3. The van der Waals surface area contributed by atoms with Crippen molar-refractivity contribution in [1.82, 2.24) is 15.3 Å². The van der Waals surface area contributed by atoms with Crippen molar-refractivity contribution < 1.29 is 13.2 Å². The van der Waals surface area contributed by atoms with Crippen LogP contribution in [0.25, 0.3) is 11.4 Å². The Bertz CT molecular complexity index is 1130. The zero-order chi connectivity index (χ0) is 23.8. The molecule has 2 fully saturated rings. The summed E-state index contributed by atoms with van der Waals surface area (Å²) < 4.78 is 29.5. The van der Waals surface area contributed by atoms with Gasteiger partial charge in [0.2, 0.25) is 0 Å². The Morgan fingerprint density at radius 1 is 1.21 bits per heavy atom. The molecule has 0 spiro atoms. The van der Waals surface area contributed by atoms with Crippen LogP contribution in [0.4, 0.5) is 11.5 Å². The van der Waals surface area contributed by atoms with Gasteiger partial charge >= 0.3 is 0 Å². The summed E-state index contributed by atoms with van der Waals surface area (Å²) in [5, 5.41) is 7.07. The fourth-order valence-corrected chi connectivity index (χ4v) is 4.33. The van der Waals surface area contributed by atoms with Gasteiger partial charge in [0, 0.05) is 36.2 Å². The largest absolute Gasteiger partial charge is 0.377 e. The summed E-state index contributed by atoms with van der Waals surface area (Å²) in [6, 6.07) is 10.1. The number of ether oxygens (including phenoxy) is 1. The lowest BCUT2D eigenvalue weighted by Crippen LogP contribution is -2.44. The number of morpholine rings is 1. The maximum Gasteiger partial charge on any atom is 0.170 e. The van der Waals surface area contributed by atoms with Crippen LogP contribution < -0.4 is 15.5 Å². The highest BCUT2D eigenvalue weighted by Gasteiger charge is 2.35. The molecule has 1 aromatic heterocycles. The van der Waals surface area contributed by atoms with E-state index in [-0.39, 0.29) is 6.04 Å². The smallest absolute Gasteiger partial charge is 0.170 e. The van der Waals surface area contributed by atoms with E-state index >= 15 is 0 Å². The Morgan fingerprint density at radius 3 is 2.52 bits per heavy atom. The van der Waals surface area contributed by atoms with E-state index in [1.807, 2.05) is 24.3 Å². The maximum absolute atomic E-state index is 12.6. The molecule has 0 radical (unpaired) electrons. The van der Waals surface area contributed by atoms with Crippen molar-refractivity contribution in [3.05, 3.63) is 36.0 Å². The fraction of sp³-hybridized carbons (Fsp3) is 0.522. The van der Waals surface area contributed by atoms with Crippen LogP contribution in [-0.2, 0) is 19.3 Å². The third kappa shape index (κ3) is 5.44. The van der Waals surface area contributed by atoms with E-state index in [9.17, 15) is 8.42 Å². The highest BCUT2D eigenvalue weighted by Crippen LogP contribution is 2.32. The van der Waals surface area contributed by atoms with Gasteiger partial charge in [0.15, 0.2) is 20.8 Å². The van der Waals surface area contributed by atoms with E-state index in [1.165, 1.54) is 6.26 Å². The summed E-state index contributed by atoms with van der Waals surface area (Å²) in [4.78, 5) is 11.7. The Kier molecular flexibility index (Phi) is 6.61. The van der Waals surface area contributed by atoms with Gasteiger partial charge in [0.05, 0.1) is 24.9 Å². The molecule has 8 nitrogen and oxygen atoms in total. The zero-order valence-electron chi connectivity index (χ0n) is 19.5. The van der Waals surface area contributed by atoms with Crippen molar-refractivity contribution in [3.63, 3.8) is 0 Å². The first-order valence-corrected chi connectivity index (χ1v) is 13.5. The average molecular weight is 490 g/mol. The molecule has 0 amide bonds. The Labute approximate surface area is 201 Å². The predicted octanol–water partition coefficient (Wildman–Crippen LogP) is 3.10. The van der Waals surface area contributed by atoms with Crippen molar-refractivity contribution in [2.45, 2.75) is 50.4 Å². The molecule has 1 aliphatic heterocycles. The van der Waals surface area contributed by atoms with Crippen molar-refractivity contribution >= 4 is 38.7 Å². The predicted molar refractivity (Wildman–Crippen MR) is 135 cm³/mol. The van der Waals surface area contributed by atoms with Crippen molar-refractivity contribution in [1.29, 1.82) is 0 Å². The third-order valence-corrected chi connectivity index (χ3v) is 8.51. The molecule has 1 aromatic carbocycles. The van der Waals surface area contributed by atoms with Crippen LogP contribution >= 0.6 is 12.2 Å². The number of sulfone groups is 1. The molecule has 33 heavy (non-hydrogen) atoms. The van der Waals surface area contributed by atoms with Crippen LogP contribution in [0.1, 0.15) is 39.3 Å². The van der Waals surface area contributed by atoms with Crippen LogP contribution in [0, 0.1) is 0 Å². The van der Waals surface area contributed by atoms with Gasteiger partial charge in [-0.1, -0.05) is 0 Å². The summed E-state index contributed by atoms with van der Waals surface area (Å²) in [6.07, 6.45) is 3.55. The minimum atomic E-state index is -3.41. The van der Waals surface area contributed by atoms with Gasteiger partial charge in [0.25, 0.3) is 0 Å². The molecule has 178 valence electrons. The van der Waals surface area contributed by atoms with E-state index in [2.05, 4.69) is 22.5 Å². The molecule has 1 saturated heterocycles. The molecular formula is C23H31N5O3S2. The van der Waals surface area contributed by atoms with Gasteiger partial charge in [-0.15, -0.1) is 0 Å². The van der Waals surface area contributed by atoms with Crippen LogP contribution in [0.15, 0.2) is 30.3 Å². The third-order valence-electron chi connectivity index (χ3n) is 6.23. The molecule has 4 rings (SSSR count). The van der Waals surface area contributed by atoms with Gasteiger partial charge in [-0.05, 0) is 70.1 Å². The van der Waals surface area contributed by atoms with Crippen LogP contribution in [-0.4, -0.2) is 61.6 Å². The van der Waals surface area contributed by atoms with E-state index in [4.69, 9.17) is 26.9 Å². The van der Waals surface area contributed by atoms with Crippen LogP contribution in [0.2, 0.25) is 0 Å². The van der Waals surface area contributed by atoms with Crippen LogP contribution in [0.5, 0.6) is 0 Å². The molecule has 0 bridgehead atoms. The van der Waals surface area contributed by atoms with Gasteiger partial charge in [0.1, 0.15) is 10.6 Å². The summed E-state index contributed by atoms with van der Waals surface area (Å²) in [5.41, 5.74) is 2.14. The number of nitrogens with one attached hydrogen (secondary N) is 2. The first kappa shape index (κ1) is 23.8. The van der Waals surface area contributed by atoms with E-state index < -0.39 is 14.6 Å². The first-order valence-electron chi connectivity index (χ1n) is 11.2. The monoisotopic (exact) mass is 489 g/mol. The highest BCUT2D eigenvalue weighted by atomic mass is 32.2. The number of thiocarbonyl (C=S) groups is 1. The SMILES string of the molecule is C[C@H]1COCCN1c1cc(C(C)(C)S(C)(=O)=O)nc(-c2ccc(NC(=S)NC3CC3)cc2)n1. The number of hydrogen-bond acceptors (Lipinski definition) is 7. The molecule has 2 heterocycles. The lowest BCUT2D eigenvalue weighted by molar-refractivity contribution is 0.0985. The van der Waals surface area contributed by atoms with Crippen LogP contribution in [0.3, 0.4) is 0 Å². The molecular weight excluding hydrogens is 458 g/mol. The van der Waals surface area contributed by atoms with E-state index in [1.54, 1.807) is 19.9 Å². The first-order chi connectivity index (χ1) is 15.5. The number of benzene rings is 1. The average Bonchev–Trinajstić information content (AvgIpc) is 3.57. The zero-order valence-corrected chi connectivity index (χ0v) is 21.1. The second-order valence-electron chi connectivity index (χ2n) is 9.28. The Balaban J connectivity index is 1.68. The van der Waals surface area contributed by atoms with Gasteiger partial charge in [-0.3, -0.25) is 0 Å². The minimum Gasteiger partial charge on any atom is -0.377 e.